The highest BCUT2D eigenvalue weighted by molar-refractivity contribution is 6.33. The number of primary amides is 1. The molecule has 0 aliphatic carbocycles. The molecule has 208 valence electrons. The summed E-state index contributed by atoms with van der Waals surface area (Å²) >= 11 is 6.51. The van der Waals surface area contributed by atoms with E-state index in [-0.39, 0.29) is 17.7 Å². The van der Waals surface area contributed by atoms with Gasteiger partial charge >= 0.3 is 0 Å². The molecule has 7 heteroatoms. The molecule has 1 heterocycles. The average molecular weight is 550 g/mol. The monoisotopic (exact) mass is 549 g/mol. The van der Waals surface area contributed by atoms with Crippen LogP contribution in [-0.2, 0) is 20.9 Å². The molecule has 0 bridgehead atoms. The fourth-order valence-electron chi connectivity index (χ4n) is 5.12. The van der Waals surface area contributed by atoms with E-state index in [1.54, 1.807) is 4.90 Å². The first kappa shape index (κ1) is 30.2. The van der Waals surface area contributed by atoms with E-state index in [1.807, 2.05) is 70.2 Å². The summed E-state index contributed by atoms with van der Waals surface area (Å²) in [7, 11) is 0. The Morgan fingerprint density at radius 3 is 2.62 bits per heavy atom. The molecule has 2 aromatic rings. The number of hydrogen-bond donors (Lipinski definition) is 2. The van der Waals surface area contributed by atoms with Gasteiger partial charge in [-0.1, -0.05) is 75.0 Å². The third kappa shape index (κ3) is 8.34. The highest BCUT2D eigenvalue weighted by Gasteiger charge is 2.35. The second kappa shape index (κ2) is 14.2. The molecule has 3 rings (SSSR count). The number of hydrogen-bond acceptors (Lipinski definition) is 3. The molecule has 2 aromatic carbocycles. The lowest BCUT2D eigenvalue weighted by atomic mass is 9.81. The van der Waals surface area contributed by atoms with E-state index in [4.69, 9.17) is 17.3 Å². The van der Waals surface area contributed by atoms with Gasteiger partial charge in [-0.2, -0.15) is 0 Å². The SMILES string of the molecule is CCCC(C(N)=O)C(CC(C)C)C(=O)N[C@H]1C#CCCCN(Cc2cccc(-c3ccc(C)cc3Cl)c2)C1=O. The molecule has 0 saturated carbocycles. The molecular formula is C32H40ClN3O3. The summed E-state index contributed by atoms with van der Waals surface area (Å²) < 4.78 is 0. The van der Waals surface area contributed by atoms with Gasteiger partial charge in [0, 0.05) is 41.9 Å². The van der Waals surface area contributed by atoms with Crippen LogP contribution in [-0.4, -0.2) is 35.2 Å². The smallest absolute Gasteiger partial charge is 0.258 e. The van der Waals surface area contributed by atoms with Crippen LogP contribution in [0.1, 0.15) is 64.0 Å². The van der Waals surface area contributed by atoms with Crippen molar-refractivity contribution in [2.75, 3.05) is 6.54 Å². The molecule has 3 atom stereocenters. The van der Waals surface area contributed by atoms with Crippen molar-refractivity contribution in [2.24, 2.45) is 23.5 Å². The van der Waals surface area contributed by atoms with E-state index in [0.717, 1.165) is 35.1 Å². The number of carbonyl (C=O) groups excluding carboxylic acids is 3. The van der Waals surface area contributed by atoms with Gasteiger partial charge in [-0.3, -0.25) is 14.4 Å². The van der Waals surface area contributed by atoms with Crippen molar-refractivity contribution in [1.29, 1.82) is 0 Å². The van der Waals surface area contributed by atoms with Crippen LogP contribution in [0, 0.1) is 36.5 Å². The lowest BCUT2D eigenvalue weighted by Crippen LogP contribution is -2.51. The maximum Gasteiger partial charge on any atom is 0.258 e. The number of aryl methyl sites for hydroxylation is 1. The average Bonchev–Trinajstić information content (AvgIpc) is 2.87. The molecule has 1 aliphatic heterocycles. The van der Waals surface area contributed by atoms with E-state index in [1.165, 1.54) is 0 Å². The number of rotatable bonds is 11. The highest BCUT2D eigenvalue weighted by Crippen LogP contribution is 2.30. The quantitative estimate of drug-likeness (QED) is 0.363. The first-order valence-corrected chi connectivity index (χ1v) is 14.2. The molecule has 39 heavy (non-hydrogen) atoms. The molecule has 1 aliphatic rings. The minimum atomic E-state index is -0.975. The first-order chi connectivity index (χ1) is 18.6. The Hall–Kier alpha value is -3.30. The van der Waals surface area contributed by atoms with Crippen LogP contribution in [0.15, 0.2) is 42.5 Å². The molecule has 0 aromatic heterocycles. The zero-order chi connectivity index (χ0) is 28.5. The fraction of sp³-hybridized carbons (Fsp3) is 0.469. The van der Waals surface area contributed by atoms with Crippen molar-refractivity contribution in [3.63, 3.8) is 0 Å². The largest absolute Gasteiger partial charge is 0.369 e. The standard InChI is InChI=1S/C32H40ClN3O3/c1-5-10-26(30(34)37)27(17-21(2)3)31(38)35-29-13-7-6-8-16-36(32(29)39)20-23-11-9-12-24(19-23)25-15-14-22(4)18-28(25)33/h9,11-12,14-15,18-19,21,26-27,29H,5-6,8,10,16-17,20H2,1-4H3,(H2,34,37)(H,35,38)/t26?,27?,29-/m0/s1. The second-order valence-electron chi connectivity index (χ2n) is 10.8. The van der Waals surface area contributed by atoms with Crippen LogP contribution in [0.4, 0.5) is 0 Å². The molecular weight excluding hydrogens is 510 g/mol. The highest BCUT2D eigenvalue weighted by atomic mass is 35.5. The molecule has 3 N–H and O–H groups in total. The van der Waals surface area contributed by atoms with E-state index in [9.17, 15) is 14.4 Å². The van der Waals surface area contributed by atoms with Gasteiger partial charge < -0.3 is 16.0 Å². The summed E-state index contributed by atoms with van der Waals surface area (Å²) in [5.74, 6) is 3.93. The van der Waals surface area contributed by atoms with Crippen molar-refractivity contribution in [2.45, 2.75) is 72.4 Å². The van der Waals surface area contributed by atoms with E-state index >= 15 is 0 Å². The molecule has 0 spiro atoms. The lowest BCUT2D eigenvalue weighted by Gasteiger charge is -2.30. The lowest BCUT2D eigenvalue weighted by molar-refractivity contribution is -0.138. The van der Waals surface area contributed by atoms with Gasteiger partial charge in [-0.25, -0.2) is 0 Å². The number of nitrogens with zero attached hydrogens (tertiary/aromatic N) is 1. The summed E-state index contributed by atoms with van der Waals surface area (Å²) in [6.45, 7) is 8.89. The van der Waals surface area contributed by atoms with Crippen molar-refractivity contribution in [3.8, 4) is 23.0 Å². The first-order valence-electron chi connectivity index (χ1n) is 13.8. The van der Waals surface area contributed by atoms with Crippen molar-refractivity contribution in [3.05, 3.63) is 58.6 Å². The zero-order valence-electron chi connectivity index (χ0n) is 23.4. The Labute approximate surface area is 237 Å². The minimum absolute atomic E-state index is 0.185. The molecule has 2 unspecified atom stereocenters. The maximum atomic E-state index is 13.7. The summed E-state index contributed by atoms with van der Waals surface area (Å²) in [6, 6.07) is 13.0. The third-order valence-electron chi connectivity index (χ3n) is 7.07. The van der Waals surface area contributed by atoms with Crippen LogP contribution in [0.3, 0.4) is 0 Å². The number of nitrogens with two attached hydrogens (primary N) is 1. The van der Waals surface area contributed by atoms with Gasteiger partial charge in [0.2, 0.25) is 11.8 Å². The number of amides is 3. The Morgan fingerprint density at radius 1 is 1.18 bits per heavy atom. The van der Waals surface area contributed by atoms with Gasteiger partial charge in [0.05, 0.1) is 0 Å². The van der Waals surface area contributed by atoms with Gasteiger partial charge in [0.15, 0.2) is 6.04 Å². The van der Waals surface area contributed by atoms with Crippen LogP contribution in [0.25, 0.3) is 11.1 Å². The Balaban J connectivity index is 1.81. The maximum absolute atomic E-state index is 13.7. The molecule has 0 radical (unpaired) electrons. The summed E-state index contributed by atoms with van der Waals surface area (Å²) in [6.07, 6.45) is 3.14. The van der Waals surface area contributed by atoms with Crippen molar-refractivity contribution in [1.82, 2.24) is 10.2 Å². The van der Waals surface area contributed by atoms with Gasteiger partial charge in [-0.05, 0) is 60.9 Å². The minimum Gasteiger partial charge on any atom is -0.369 e. The van der Waals surface area contributed by atoms with Crippen LogP contribution in [0.5, 0.6) is 0 Å². The number of halogens is 1. The fourth-order valence-corrected chi connectivity index (χ4v) is 5.46. The third-order valence-corrected chi connectivity index (χ3v) is 7.38. The molecule has 3 amide bonds. The van der Waals surface area contributed by atoms with Crippen LogP contribution >= 0.6 is 11.6 Å². The summed E-state index contributed by atoms with van der Waals surface area (Å²) in [5, 5.41) is 3.55. The van der Waals surface area contributed by atoms with Crippen molar-refractivity contribution < 1.29 is 14.4 Å². The Bertz CT molecular complexity index is 1250. The van der Waals surface area contributed by atoms with E-state index in [0.29, 0.717) is 37.4 Å². The molecule has 6 nitrogen and oxygen atoms in total. The van der Waals surface area contributed by atoms with E-state index < -0.39 is 23.8 Å². The number of carbonyl (C=O) groups is 3. The van der Waals surface area contributed by atoms with Crippen LogP contribution < -0.4 is 11.1 Å². The Morgan fingerprint density at radius 2 is 1.95 bits per heavy atom. The predicted molar refractivity (Wildman–Crippen MR) is 157 cm³/mol. The Kier molecular flexibility index (Phi) is 11.0. The van der Waals surface area contributed by atoms with Crippen LogP contribution in [0.2, 0.25) is 5.02 Å². The predicted octanol–water partition coefficient (Wildman–Crippen LogP) is 5.49. The van der Waals surface area contributed by atoms with Gasteiger partial charge in [0.1, 0.15) is 0 Å². The van der Waals surface area contributed by atoms with E-state index in [2.05, 4.69) is 17.2 Å². The molecule has 0 saturated heterocycles. The topological polar surface area (TPSA) is 92.5 Å². The summed E-state index contributed by atoms with van der Waals surface area (Å²) in [5.41, 5.74) is 9.66. The number of nitrogens with one attached hydrogen (secondary N) is 1. The zero-order valence-corrected chi connectivity index (χ0v) is 24.2. The van der Waals surface area contributed by atoms with Crippen molar-refractivity contribution >= 4 is 29.3 Å². The molecule has 0 fully saturated rings. The van der Waals surface area contributed by atoms with Gasteiger partial charge in [0.25, 0.3) is 5.91 Å². The number of benzene rings is 2. The summed E-state index contributed by atoms with van der Waals surface area (Å²) in [4.78, 5) is 41.1. The second-order valence-corrected chi connectivity index (χ2v) is 11.3. The normalized spacial score (nSPS) is 17.0. The van der Waals surface area contributed by atoms with Gasteiger partial charge in [-0.15, -0.1) is 5.92 Å².